The number of aliphatic carboxylic acids is 1. The Hall–Kier alpha value is -3.77. The number of carboxylic acid groups (broad SMARTS) is 1. The maximum absolute atomic E-state index is 11.4. The normalized spacial score (nSPS) is 16.4. The summed E-state index contributed by atoms with van der Waals surface area (Å²) in [7, 11) is 0. The van der Waals surface area contributed by atoms with E-state index < -0.39 is 5.97 Å². The van der Waals surface area contributed by atoms with Gasteiger partial charge in [-0.2, -0.15) is 4.98 Å². The second-order valence-electron chi connectivity index (χ2n) is 8.88. The molecule has 0 spiro atoms. The van der Waals surface area contributed by atoms with Gasteiger partial charge in [-0.1, -0.05) is 65.8 Å². The number of carboxylic acids is 1. The third kappa shape index (κ3) is 4.63. The highest BCUT2D eigenvalue weighted by atomic mass is 16.5. The Labute approximate surface area is 198 Å². The van der Waals surface area contributed by atoms with E-state index in [1.165, 1.54) is 0 Å². The van der Waals surface area contributed by atoms with E-state index >= 15 is 0 Å². The molecular weight excluding hydrogens is 426 g/mol. The van der Waals surface area contributed by atoms with Crippen molar-refractivity contribution in [3.05, 3.63) is 83.9 Å². The highest BCUT2D eigenvalue weighted by Crippen LogP contribution is 2.32. The zero-order valence-corrected chi connectivity index (χ0v) is 19.1. The van der Waals surface area contributed by atoms with Crippen molar-refractivity contribution < 1.29 is 14.4 Å². The van der Waals surface area contributed by atoms with Crippen molar-refractivity contribution in [3.8, 4) is 34.0 Å². The quantitative estimate of drug-likeness (QED) is 0.405. The van der Waals surface area contributed by atoms with Crippen LogP contribution >= 0.6 is 0 Å². The molecule has 0 unspecified atom stereocenters. The molecule has 1 atom stereocenters. The fraction of sp³-hybridized carbons (Fsp3) is 0.250. The smallest absolute Gasteiger partial charge is 0.307 e. The number of carbonyl (C=O) groups is 1. The van der Waals surface area contributed by atoms with Crippen LogP contribution in [0.25, 0.3) is 34.0 Å². The van der Waals surface area contributed by atoms with Crippen molar-refractivity contribution in [3.63, 3.8) is 0 Å². The fourth-order valence-corrected chi connectivity index (χ4v) is 4.72. The maximum Gasteiger partial charge on any atom is 0.307 e. The SMILES string of the molecule is Cc1c(-c2ccccc2)cccc1-c1nc(-c2cccc(CN3CCC[C@@H](C(=O)O)C3)c2)no1. The van der Waals surface area contributed by atoms with Gasteiger partial charge in [0.15, 0.2) is 0 Å². The summed E-state index contributed by atoms with van der Waals surface area (Å²) in [5.41, 5.74) is 6.30. The van der Waals surface area contributed by atoms with Crippen LogP contribution in [0.4, 0.5) is 0 Å². The first-order valence-electron chi connectivity index (χ1n) is 11.6. The number of benzene rings is 3. The van der Waals surface area contributed by atoms with Gasteiger partial charge in [-0.05, 0) is 60.7 Å². The second kappa shape index (κ2) is 9.61. The lowest BCUT2D eigenvalue weighted by molar-refractivity contribution is -0.143. The van der Waals surface area contributed by atoms with Crippen LogP contribution in [-0.2, 0) is 11.3 Å². The predicted octanol–water partition coefficient (Wildman–Crippen LogP) is 5.68. The molecule has 34 heavy (non-hydrogen) atoms. The number of hydrogen-bond donors (Lipinski definition) is 1. The number of rotatable bonds is 6. The molecule has 0 aliphatic carbocycles. The molecule has 3 aromatic carbocycles. The summed E-state index contributed by atoms with van der Waals surface area (Å²) in [5, 5.41) is 13.6. The van der Waals surface area contributed by atoms with Crippen LogP contribution in [0.2, 0.25) is 0 Å². The molecule has 5 rings (SSSR count). The van der Waals surface area contributed by atoms with E-state index in [9.17, 15) is 9.90 Å². The van der Waals surface area contributed by atoms with Gasteiger partial charge in [0.25, 0.3) is 5.89 Å². The molecule has 1 aliphatic heterocycles. The van der Waals surface area contributed by atoms with Crippen molar-refractivity contribution in [2.45, 2.75) is 26.3 Å². The standard InChI is InChI=1S/C28H27N3O3/c1-19-24(21-9-3-2-4-10-21)13-6-14-25(19)27-29-26(30-34-27)22-11-5-8-20(16-22)17-31-15-7-12-23(18-31)28(32)33/h2-6,8-11,13-14,16,23H,7,12,15,17-18H2,1H3,(H,32,33)/t23-/m1/s1. The summed E-state index contributed by atoms with van der Waals surface area (Å²) in [6, 6.07) is 24.5. The molecule has 0 amide bonds. The van der Waals surface area contributed by atoms with Gasteiger partial charge in [-0.3, -0.25) is 9.69 Å². The van der Waals surface area contributed by atoms with Gasteiger partial charge in [0.2, 0.25) is 5.82 Å². The van der Waals surface area contributed by atoms with Crippen LogP contribution in [-0.4, -0.2) is 39.2 Å². The molecule has 0 radical (unpaired) electrons. The first-order valence-corrected chi connectivity index (χ1v) is 11.6. The Balaban J connectivity index is 1.37. The second-order valence-corrected chi connectivity index (χ2v) is 8.88. The summed E-state index contributed by atoms with van der Waals surface area (Å²) in [4.78, 5) is 18.3. The largest absolute Gasteiger partial charge is 0.481 e. The van der Waals surface area contributed by atoms with Crippen LogP contribution in [0, 0.1) is 12.8 Å². The minimum Gasteiger partial charge on any atom is -0.481 e. The minimum atomic E-state index is -0.704. The summed E-state index contributed by atoms with van der Waals surface area (Å²) >= 11 is 0. The molecule has 2 heterocycles. The average molecular weight is 454 g/mol. The number of aromatic nitrogens is 2. The van der Waals surface area contributed by atoms with Crippen molar-refractivity contribution in [2.24, 2.45) is 5.92 Å². The van der Waals surface area contributed by atoms with E-state index in [4.69, 9.17) is 9.51 Å². The molecule has 6 heteroatoms. The zero-order valence-electron chi connectivity index (χ0n) is 19.1. The highest BCUT2D eigenvalue weighted by molar-refractivity contribution is 5.75. The number of likely N-dealkylation sites (tertiary alicyclic amines) is 1. The van der Waals surface area contributed by atoms with Gasteiger partial charge in [-0.25, -0.2) is 0 Å². The molecule has 1 saturated heterocycles. The Morgan fingerprint density at radius 1 is 1.03 bits per heavy atom. The van der Waals surface area contributed by atoms with Gasteiger partial charge in [0.05, 0.1) is 5.92 Å². The Kier molecular flexibility index (Phi) is 6.23. The molecule has 1 fully saturated rings. The maximum atomic E-state index is 11.4. The first-order chi connectivity index (χ1) is 16.6. The Morgan fingerprint density at radius 2 is 1.79 bits per heavy atom. The van der Waals surface area contributed by atoms with E-state index in [2.05, 4.69) is 47.3 Å². The molecule has 0 bridgehead atoms. The van der Waals surface area contributed by atoms with Gasteiger partial charge in [0, 0.05) is 24.2 Å². The number of piperidine rings is 1. The summed E-state index contributed by atoms with van der Waals surface area (Å²) in [6.45, 7) is 4.28. The summed E-state index contributed by atoms with van der Waals surface area (Å²) < 4.78 is 5.67. The van der Waals surface area contributed by atoms with Crippen LogP contribution in [0.15, 0.2) is 77.3 Å². The van der Waals surface area contributed by atoms with Crippen LogP contribution < -0.4 is 0 Å². The van der Waals surface area contributed by atoms with Crippen molar-refractivity contribution >= 4 is 5.97 Å². The average Bonchev–Trinajstić information content (AvgIpc) is 3.35. The molecule has 0 saturated carbocycles. The zero-order chi connectivity index (χ0) is 23.5. The molecular formula is C28H27N3O3. The van der Waals surface area contributed by atoms with Gasteiger partial charge in [0.1, 0.15) is 0 Å². The third-order valence-corrected chi connectivity index (χ3v) is 6.52. The van der Waals surface area contributed by atoms with Crippen LogP contribution in [0.3, 0.4) is 0 Å². The fourth-order valence-electron chi connectivity index (χ4n) is 4.72. The number of nitrogens with zero attached hydrogens (tertiary/aromatic N) is 3. The molecule has 1 N–H and O–H groups in total. The van der Waals surface area contributed by atoms with E-state index in [0.29, 0.717) is 24.8 Å². The lowest BCUT2D eigenvalue weighted by Crippen LogP contribution is -2.38. The first kappa shape index (κ1) is 22.0. The van der Waals surface area contributed by atoms with Crippen molar-refractivity contribution in [2.75, 3.05) is 13.1 Å². The molecule has 4 aromatic rings. The lowest BCUT2D eigenvalue weighted by atomic mass is 9.96. The molecule has 1 aromatic heterocycles. The van der Waals surface area contributed by atoms with E-state index in [1.54, 1.807) is 0 Å². The summed E-state index contributed by atoms with van der Waals surface area (Å²) in [6.07, 6.45) is 1.66. The van der Waals surface area contributed by atoms with Gasteiger partial charge in [-0.15, -0.1) is 0 Å². The van der Waals surface area contributed by atoms with Gasteiger partial charge >= 0.3 is 5.97 Å². The van der Waals surface area contributed by atoms with E-state index in [1.807, 2.05) is 42.5 Å². The molecule has 172 valence electrons. The van der Waals surface area contributed by atoms with Crippen molar-refractivity contribution in [1.29, 1.82) is 0 Å². The minimum absolute atomic E-state index is 0.286. The Morgan fingerprint density at radius 3 is 2.62 bits per heavy atom. The van der Waals surface area contributed by atoms with Crippen LogP contribution in [0.5, 0.6) is 0 Å². The summed E-state index contributed by atoms with van der Waals surface area (Å²) in [5.74, 6) is 0.0513. The van der Waals surface area contributed by atoms with E-state index in [-0.39, 0.29) is 5.92 Å². The predicted molar refractivity (Wildman–Crippen MR) is 131 cm³/mol. The monoisotopic (exact) mass is 453 g/mol. The number of hydrogen-bond acceptors (Lipinski definition) is 5. The molecule has 1 aliphatic rings. The van der Waals surface area contributed by atoms with Crippen LogP contribution in [0.1, 0.15) is 24.0 Å². The topological polar surface area (TPSA) is 79.5 Å². The van der Waals surface area contributed by atoms with Crippen molar-refractivity contribution in [1.82, 2.24) is 15.0 Å². The lowest BCUT2D eigenvalue weighted by Gasteiger charge is -2.30. The molecule has 6 nitrogen and oxygen atoms in total. The van der Waals surface area contributed by atoms with Gasteiger partial charge < -0.3 is 9.63 Å². The Bertz CT molecular complexity index is 1300. The van der Waals surface area contributed by atoms with E-state index in [0.717, 1.165) is 52.8 Å². The highest BCUT2D eigenvalue weighted by Gasteiger charge is 2.25. The third-order valence-electron chi connectivity index (χ3n) is 6.52.